The molecule has 3 atom stereocenters. The number of hydrogen-bond donors (Lipinski definition) is 0. The van der Waals surface area contributed by atoms with Gasteiger partial charge in [-0.25, -0.2) is 0 Å². The maximum atomic E-state index is 11.5. The van der Waals surface area contributed by atoms with Gasteiger partial charge in [0.25, 0.3) is 0 Å². The van der Waals surface area contributed by atoms with Gasteiger partial charge in [0, 0.05) is 12.8 Å². The van der Waals surface area contributed by atoms with E-state index in [0.717, 1.165) is 0 Å². The number of rotatable bonds is 2. The van der Waals surface area contributed by atoms with E-state index in [1.54, 1.807) is 0 Å². The predicted octanol–water partition coefficient (Wildman–Crippen LogP) is 4.01. The molecule has 0 bridgehead atoms. The van der Waals surface area contributed by atoms with Crippen LogP contribution in [-0.4, -0.2) is 20.2 Å². The SMILES string of the molecule is C[C@@H]1CC(=O)C[C@H](C)C1O[Si](C)(C)C(C)(C)C. The summed E-state index contributed by atoms with van der Waals surface area (Å²) in [6.45, 7) is 15.7. The average molecular weight is 256 g/mol. The van der Waals surface area contributed by atoms with Crippen LogP contribution in [0.3, 0.4) is 0 Å². The van der Waals surface area contributed by atoms with Crippen molar-refractivity contribution >= 4 is 14.1 Å². The van der Waals surface area contributed by atoms with E-state index in [4.69, 9.17) is 4.43 Å². The quantitative estimate of drug-likeness (QED) is 0.698. The second-order valence-electron chi connectivity index (χ2n) is 7.24. The Morgan fingerprint density at radius 3 is 1.88 bits per heavy atom. The van der Waals surface area contributed by atoms with Gasteiger partial charge in [0.15, 0.2) is 8.32 Å². The van der Waals surface area contributed by atoms with Crippen LogP contribution in [0, 0.1) is 11.8 Å². The van der Waals surface area contributed by atoms with Gasteiger partial charge in [-0.15, -0.1) is 0 Å². The minimum Gasteiger partial charge on any atom is -0.413 e. The molecule has 0 radical (unpaired) electrons. The van der Waals surface area contributed by atoms with Crippen molar-refractivity contribution in [3.05, 3.63) is 0 Å². The van der Waals surface area contributed by atoms with Crippen molar-refractivity contribution in [1.29, 1.82) is 0 Å². The van der Waals surface area contributed by atoms with Crippen LogP contribution in [0.2, 0.25) is 18.1 Å². The summed E-state index contributed by atoms with van der Waals surface area (Å²) in [6, 6.07) is 0. The van der Waals surface area contributed by atoms with Gasteiger partial charge in [-0.2, -0.15) is 0 Å². The smallest absolute Gasteiger partial charge is 0.192 e. The van der Waals surface area contributed by atoms with Crippen molar-refractivity contribution in [2.45, 2.75) is 71.7 Å². The Morgan fingerprint density at radius 2 is 1.53 bits per heavy atom. The molecule has 0 aromatic rings. The van der Waals surface area contributed by atoms with Crippen LogP contribution < -0.4 is 0 Å². The lowest BCUT2D eigenvalue weighted by molar-refractivity contribution is -0.126. The third kappa shape index (κ3) is 3.41. The van der Waals surface area contributed by atoms with Gasteiger partial charge in [0.05, 0.1) is 6.10 Å². The Hall–Kier alpha value is -0.153. The molecule has 3 heteroatoms. The van der Waals surface area contributed by atoms with Crippen LogP contribution >= 0.6 is 0 Å². The van der Waals surface area contributed by atoms with Crippen molar-refractivity contribution in [1.82, 2.24) is 0 Å². The maximum Gasteiger partial charge on any atom is 0.192 e. The van der Waals surface area contributed by atoms with E-state index in [9.17, 15) is 4.79 Å². The first kappa shape index (κ1) is 14.9. The van der Waals surface area contributed by atoms with Crippen LogP contribution in [0.5, 0.6) is 0 Å². The Morgan fingerprint density at radius 1 is 1.12 bits per heavy atom. The molecule has 1 aliphatic rings. The molecule has 0 aromatic heterocycles. The number of carbonyl (C=O) groups is 1. The van der Waals surface area contributed by atoms with Gasteiger partial charge in [0.1, 0.15) is 5.78 Å². The monoisotopic (exact) mass is 256 g/mol. The molecule has 0 amide bonds. The molecule has 0 saturated heterocycles. The highest BCUT2D eigenvalue weighted by atomic mass is 28.4. The van der Waals surface area contributed by atoms with Crippen molar-refractivity contribution < 1.29 is 9.22 Å². The van der Waals surface area contributed by atoms with Gasteiger partial charge in [0.2, 0.25) is 0 Å². The fourth-order valence-corrected chi connectivity index (χ4v) is 3.84. The molecule has 0 heterocycles. The Labute approximate surface area is 107 Å². The normalized spacial score (nSPS) is 31.7. The van der Waals surface area contributed by atoms with Crippen molar-refractivity contribution in [3.63, 3.8) is 0 Å². The van der Waals surface area contributed by atoms with Gasteiger partial charge in [-0.1, -0.05) is 34.6 Å². The van der Waals surface area contributed by atoms with Crippen molar-refractivity contribution in [2.75, 3.05) is 0 Å². The van der Waals surface area contributed by atoms with Gasteiger partial charge in [-0.05, 0) is 30.0 Å². The minimum absolute atomic E-state index is 0.244. The summed E-state index contributed by atoms with van der Waals surface area (Å²) in [5, 5.41) is 0.244. The first-order valence-corrected chi connectivity index (χ1v) is 9.65. The Kier molecular flexibility index (Phi) is 4.25. The molecule has 1 unspecified atom stereocenters. The molecule has 0 aliphatic heterocycles. The Bertz CT molecular complexity index is 277. The summed E-state index contributed by atoms with van der Waals surface area (Å²) in [4.78, 5) is 11.5. The molecule has 2 nitrogen and oxygen atoms in total. The molecule has 17 heavy (non-hydrogen) atoms. The molecule has 100 valence electrons. The first-order chi connectivity index (χ1) is 7.54. The second kappa shape index (κ2) is 4.85. The van der Waals surface area contributed by atoms with Gasteiger partial charge in [-0.3, -0.25) is 4.79 Å². The highest BCUT2D eigenvalue weighted by Crippen LogP contribution is 2.41. The predicted molar refractivity (Wildman–Crippen MR) is 74.6 cm³/mol. The first-order valence-electron chi connectivity index (χ1n) is 6.74. The summed E-state index contributed by atoms with van der Waals surface area (Å²) in [5.74, 6) is 1.15. The van der Waals surface area contributed by atoms with Crippen LogP contribution in [0.1, 0.15) is 47.5 Å². The minimum atomic E-state index is -1.71. The van der Waals surface area contributed by atoms with Gasteiger partial charge >= 0.3 is 0 Å². The molecular formula is C14H28O2Si. The lowest BCUT2D eigenvalue weighted by Gasteiger charge is -2.44. The number of carbonyl (C=O) groups excluding carboxylic acids is 1. The second-order valence-corrected chi connectivity index (χ2v) is 12.0. The molecule has 0 spiro atoms. The Balaban J connectivity index is 2.77. The van der Waals surface area contributed by atoms with Gasteiger partial charge < -0.3 is 4.43 Å². The van der Waals surface area contributed by atoms with E-state index in [1.165, 1.54) is 0 Å². The van der Waals surface area contributed by atoms with E-state index in [1.807, 2.05) is 0 Å². The van der Waals surface area contributed by atoms with Crippen LogP contribution in [-0.2, 0) is 9.22 Å². The summed E-state index contributed by atoms with van der Waals surface area (Å²) in [5.41, 5.74) is 0. The zero-order valence-electron chi connectivity index (χ0n) is 12.5. The van der Waals surface area contributed by atoms with Crippen LogP contribution in [0.4, 0.5) is 0 Å². The summed E-state index contributed by atoms with van der Waals surface area (Å²) >= 11 is 0. The van der Waals surface area contributed by atoms with Crippen molar-refractivity contribution in [2.24, 2.45) is 11.8 Å². The molecular weight excluding hydrogens is 228 g/mol. The average Bonchev–Trinajstić information content (AvgIpc) is 2.09. The topological polar surface area (TPSA) is 26.3 Å². The van der Waals surface area contributed by atoms with Crippen molar-refractivity contribution in [3.8, 4) is 0 Å². The fraction of sp³-hybridized carbons (Fsp3) is 0.929. The molecule has 0 aromatic carbocycles. The molecule has 1 rings (SSSR count). The van der Waals surface area contributed by atoms with E-state index < -0.39 is 8.32 Å². The molecule has 1 saturated carbocycles. The number of Topliss-reactive ketones (excluding diaryl/α,β-unsaturated/α-hetero) is 1. The zero-order valence-corrected chi connectivity index (χ0v) is 13.5. The summed E-state index contributed by atoms with van der Waals surface area (Å²) < 4.78 is 6.50. The number of hydrogen-bond acceptors (Lipinski definition) is 2. The fourth-order valence-electron chi connectivity index (χ4n) is 2.34. The van der Waals surface area contributed by atoms with Crippen LogP contribution in [0.15, 0.2) is 0 Å². The van der Waals surface area contributed by atoms with E-state index in [0.29, 0.717) is 30.5 Å². The highest BCUT2D eigenvalue weighted by molar-refractivity contribution is 6.74. The third-order valence-electron chi connectivity index (χ3n) is 4.46. The van der Waals surface area contributed by atoms with Crippen LogP contribution in [0.25, 0.3) is 0 Å². The molecule has 1 fully saturated rings. The lowest BCUT2D eigenvalue weighted by Crippen LogP contribution is -2.49. The summed E-state index contributed by atoms with van der Waals surface area (Å²) in [7, 11) is -1.71. The third-order valence-corrected chi connectivity index (χ3v) is 8.93. The molecule has 1 aliphatic carbocycles. The van der Waals surface area contributed by atoms with E-state index in [2.05, 4.69) is 47.7 Å². The summed E-state index contributed by atoms with van der Waals surface area (Å²) in [6.07, 6.45) is 1.67. The highest BCUT2D eigenvalue weighted by Gasteiger charge is 2.43. The molecule has 0 N–H and O–H groups in total. The zero-order chi connectivity index (χ0) is 13.4. The largest absolute Gasteiger partial charge is 0.413 e. The number of ketones is 1. The maximum absolute atomic E-state index is 11.5. The lowest BCUT2D eigenvalue weighted by atomic mass is 9.80. The van der Waals surface area contributed by atoms with E-state index in [-0.39, 0.29) is 11.1 Å². The van der Waals surface area contributed by atoms with E-state index >= 15 is 0 Å². The standard InChI is InChI=1S/C14H28O2Si/c1-10-8-12(15)9-11(2)13(10)16-17(6,7)14(3,4)5/h10-11,13H,8-9H2,1-7H3/t10-,11+,13?.